The van der Waals surface area contributed by atoms with Crippen LogP contribution in [0.25, 0.3) is 17.2 Å². The van der Waals surface area contributed by atoms with Crippen molar-refractivity contribution in [2.75, 3.05) is 6.54 Å². The first-order valence-electron chi connectivity index (χ1n) is 11.8. The minimum Gasteiger partial charge on any atom is -0.462 e. The number of hydrogen-bond donors (Lipinski definition) is 1. The fourth-order valence-electron chi connectivity index (χ4n) is 6.48. The summed E-state index contributed by atoms with van der Waals surface area (Å²) in [5.74, 6) is 1.95. The van der Waals surface area contributed by atoms with Crippen molar-refractivity contribution in [3.8, 4) is 11.1 Å². The maximum absolute atomic E-state index is 13.5. The number of carbonyl (C=O) groups is 1. The Balaban J connectivity index is 1.38. The minimum absolute atomic E-state index is 0.000682. The Morgan fingerprint density at radius 2 is 2.06 bits per heavy atom. The highest BCUT2D eigenvalue weighted by Crippen LogP contribution is 2.54. The zero-order chi connectivity index (χ0) is 22.2. The highest BCUT2D eigenvalue weighted by atomic mass is 19.1. The van der Waals surface area contributed by atoms with Crippen molar-refractivity contribution in [1.82, 2.24) is 4.98 Å². The van der Waals surface area contributed by atoms with Crippen molar-refractivity contribution in [3.63, 3.8) is 0 Å². The summed E-state index contributed by atoms with van der Waals surface area (Å²) in [5, 5.41) is 0. The van der Waals surface area contributed by atoms with Crippen LogP contribution in [0.4, 0.5) is 4.39 Å². The normalized spacial score (nSPS) is 34.2. The van der Waals surface area contributed by atoms with E-state index in [1.807, 2.05) is 25.1 Å². The summed E-state index contributed by atoms with van der Waals surface area (Å²) >= 11 is 0. The fraction of sp³-hybridized carbons (Fsp3) is 0.481. The molecule has 2 saturated carbocycles. The fourth-order valence-corrected chi connectivity index (χ4v) is 6.48. The van der Waals surface area contributed by atoms with Crippen molar-refractivity contribution < 1.29 is 13.9 Å². The van der Waals surface area contributed by atoms with Crippen LogP contribution in [-0.2, 0) is 9.53 Å². The third-order valence-electron chi connectivity index (χ3n) is 8.02. The molecular formula is C27H31FN2O2. The summed E-state index contributed by atoms with van der Waals surface area (Å²) in [6.07, 6.45) is 10.5. The Morgan fingerprint density at radius 1 is 1.19 bits per heavy atom. The maximum atomic E-state index is 13.5. The Labute approximate surface area is 189 Å². The first-order chi connectivity index (χ1) is 15.5. The molecule has 1 saturated heterocycles. The molecule has 4 nitrogen and oxygen atoms in total. The number of halogens is 1. The molecule has 3 aliphatic rings. The summed E-state index contributed by atoms with van der Waals surface area (Å²) in [4.78, 5) is 17.1. The largest absolute Gasteiger partial charge is 0.462 e. The van der Waals surface area contributed by atoms with Gasteiger partial charge in [0, 0.05) is 17.7 Å². The SMILES string of the molecule is C[C@H]1OC(=O)[C@@H]2C[C@@H]3C[C@H](CN)CC[C@H]3[C@H](C=Cc3ccc(-c4cccc(F)c4)cn3)[C@H]12. The molecule has 0 unspecified atom stereocenters. The van der Waals surface area contributed by atoms with Gasteiger partial charge in [0.05, 0.1) is 11.6 Å². The molecule has 168 valence electrons. The number of fused-ring (bicyclic) bond motifs is 2. The van der Waals surface area contributed by atoms with Gasteiger partial charge in [0.25, 0.3) is 0 Å². The molecule has 1 aliphatic heterocycles. The van der Waals surface area contributed by atoms with Gasteiger partial charge in [-0.3, -0.25) is 9.78 Å². The number of ether oxygens (including phenoxy) is 1. The predicted molar refractivity (Wildman–Crippen MR) is 123 cm³/mol. The van der Waals surface area contributed by atoms with E-state index >= 15 is 0 Å². The van der Waals surface area contributed by atoms with Gasteiger partial charge in [-0.05, 0) is 92.7 Å². The molecule has 2 aliphatic carbocycles. The lowest BCUT2D eigenvalue weighted by molar-refractivity contribution is -0.144. The summed E-state index contributed by atoms with van der Waals surface area (Å²) in [6.45, 7) is 2.78. The summed E-state index contributed by atoms with van der Waals surface area (Å²) in [6, 6.07) is 10.5. The quantitative estimate of drug-likeness (QED) is 0.681. The van der Waals surface area contributed by atoms with Gasteiger partial charge in [0.15, 0.2) is 0 Å². The number of hydrogen-bond acceptors (Lipinski definition) is 4. The van der Waals surface area contributed by atoms with E-state index in [4.69, 9.17) is 10.5 Å². The molecule has 1 aromatic heterocycles. The van der Waals surface area contributed by atoms with E-state index < -0.39 is 0 Å². The topological polar surface area (TPSA) is 65.2 Å². The third-order valence-corrected chi connectivity index (χ3v) is 8.02. The van der Waals surface area contributed by atoms with Gasteiger partial charge in [-0.15, -0.1) is 0 Å². The van der Waals surface area contributed by atoms with Crippen LogP contribution in [0.3, 0.4) is 0 Å². The number of nitrogens with two attached hydrogens (primary N) is 1. The van der Waals surface area contributed by atoms with Gasteiger partial charge in [-0.2, -0.15) is 0 Å². The van der Waals surface area contributed by atoms with Crippen LogP contribution in [0, 0.1) is 41.3 Å². The maximum Gasteiger partial charge on any atom is 0.309 e. The van der Waals surface area contributed by atoms with E-state index in [9.17, 15) is 9.18 Å². The number of rotatable bonds is 4. The van der Waals surface area contributed by atoms with Crippen molar-refractivity contribution >= 4 is 12.0 Å². The second-order valence-electron chi connectivity index (χ2n) is 9.82. The molecule has 1 aromatic carbocycles. The van der Waals surface area contributed by atoms with Crippen LogP contribution in [0.1, 0.15) is 38.3 Å². The second-order valence-corrected chi connectivity index (χ2v) is 9.82. The molecule has 0 amide bonds. The lowest BCUT2D eigenvalue weighted by Gasteiger charge is -2.47. The first kappa shape index (κ1) is 21.3. The summed E-state index contributed by atoms with van der Waals surface area (Å²) in [7, 11) is 0. The average Bonchev–Trinajstić information content (AvgIpc) is 3.09. The molecular weight excluding hydrogens is 403 g/mol. The lowest BCUT2D eigenvalue weighted by atomic mass is 9.56. The molecule has 5 rings (SSSR count). The van der Waals surface area contributed by atoms with E-state index in [1.165, 1.54) is 18.6 Å². The number of pyridine rings is 1. The highest BCUT2D eigenvalue weighted by molar-refractivity contribution is 5.75. The second kappa shape index (κ2) is 8.78. The molecule has 32 heavy (non-hydrogen) atoms. The van der Waals surface area contributed by atoms with Crippen LogP contribution < -0.4 is 5.73 Å². The zero-order valence-electron chi connectivity index (χ0n) is 18.5. The molecule has 2 heterocycles. The Bertz CT molecular complexity index is 1000. The number of cyclic esters (lactones) is 1. The standard InChI is InChI=1S/C27H31FN2O2/c1-16-26-24(23-9-5-17(14-29)11-20(23)13-25(26)27(31)32-16)10-8-22-7-6-19(15-30-22)18-3-2-4-21(28)12-18/h2-4,6-8,10,12,15-17,20,23-26H,5,9,11,13-14,29H2,1H3/t16-,17-,20+,23-,24+,25-,26+/m1/s1. The number of esters is 1. The van der Waals surface area contributed by atoms with Crippen molar-refractivity contribution in [3.05, 3.63) is 60.2 Å². The number of aromatic nitrogens is 1. The van der Waals surface area contributed by atoms with E-state index in [2.05, 4.69) is 17.1 Å². The highest BCUT2D eigenvalue weighted by Gasteiger charge is 2.54. The predicted octanol–water partition coefficient (Wildman–Crippen LogP) is 5.09. The van der Waals surface area contributed by atoms with E-state index in [1.54, 1.807) is 12.3 Å². The monoisotopic (exact) mass is 434 g/mol. The number of benzene rings is 1. The van der Waals surface area contributed by atoms with Crippen LogP contribution in [0.2, 0.25) is 0 Å². The molecule has 2 aromatic rings. The van der Waals surface area contributed by atoms with Crippen molar-refractivity contribution in [2.24, 2.45) is 41.2 Å². The van der Waals surface area contributed by atoms with Gasteiger partial charge < -0.3 is 10.5 Å². The Kier molecular flexibility index (Phi) is 5.85. The average molecular weight is 435 g/mol. The number of carbonyl (C=O) groups excluding carboxylic acids is 1. The van der Waals surface area contributed by atoms with E-state index in [0.29, 0.717) is 23.7 Å². The van der Waals surface area contributed by atoms with Gasteiger partial charge >= 0.3 is 5.97 Å². The van der Waals surface area contributed by atoms with Crippen LogP contribution >= 0.6 is 0 Å². The van der Waals surface area contributed by atoms with Crippen LogP contribution in [-0.4, -0.2) is 23.6 Å². The van der Waals surface area contributed by atoms with E-state index in [0.717, 1.165) is 42.6 Å². The Hall–Kier alpha value is -2.53. The van der Waals surface area contributed by atoms with Crippen molar-refractivity contribution in [2.45, 2.75) is 38.7 Å². The molecule has 7 atom stereocenters. The van der Waals surface area contributed by atoms with Crippen molar-refractivity contribution in [1.29, 1.82) is 0 Å². The summed E-state index contributed by atoms with van der Waals surface area (Å²) in [5.41, 5.74) is 8.56. The number of allylic oxidation sites excluding steroid dienone is 1. The molecule has 0 bridgehead atoms. The molecule has 0 radical (unpaired) electrons. The van der Waals surface area contributed by atoms with Gasteiger partial charge in [0.2, 0.25) is 0 Å². The zero-order valence-corrected chi connectivity index (χ0v) is 18.5. The lowest BCUT2D eigenvalue weighted by Crippen LogP contribution is -2.44. The Morgan fingerprint density at radius 3 is 2.81 bits per heavy atom. The third kappa shape index (κ3) is 3.99. The van der Waals surface area contributed by atoms with Gasteiger partial charge in [0.1, 0.15) is 11.9 Å². The first-order valence-corrected chi connectivity index (χ1v) is 11.8. The van der Waals surface area contributed by atoms with Crippen LogP contribution in [0.15, 0.2) is 48.7 Å². The smallest absolute Gasteiger partial charge is 0.309 e. The van der Waals surface area contributed by atoms with Gasteiger partial charge in [-0.25, -0.2) is 4.39 Å². The number of nitrogens with zero attached hydrogens (tertiary/aromatic N) is 1. The summed E-state index contributed by atoms with van der Waals surface area (Å²) < 4.78 is 19.2. The molecule has 3 fully saturated rings. The van der Waals surface area contributed by atoms with Crippen LogP contribution in [0.5, 0.6) is 0 Å². The molecule has 0 spiro atoms. The molecule has 2 N–H and O–H groups in total. The van der Waals surface area contributed by atoms with Gasteiger partial charge in [-0.1, -0.05) is 24.3 Å². The van der Waals surface area contributed by atoms with E-state index in [-0.39, 0.29) is 29.7 Å². The minimum atomic E-state index is -0.250. The molecule has 5 heteroatoms.